The Morgan fingerprint density at radius 2 is 2.15 bits per heavy atom. The lowest BCUT2D eigenvalue weighted by atomic mass is 10.1. The van der Waals surface area contributed by atoms with Crippen molar-refractivity contribution in [2.45, 2.75) is 6.92 Å². The summed E-state index contributed by atoms with van der Waals surface area (Å²) in [6, 6.07) is 7.71. The van der Waals surface area contributed by atoms with Crippen molar-refractivity contribution in [2.24, 2.45) is 0 Å². The lowest BCUT2D eigenvalue weighted by Crippen LogP contribution is -2.00. The van der Waals surface area contributed by atoms with Gasteiger partial charge in [0.25, 0.3) is 0 Å². The van der Waals surface area contributed by atoms with Gasteiger partial charge >= 0.3 is 0 Å². The monoisotopic (exact) mass is 173 g/mol. The van der Waals surface area contributed by atoms with E-state index in [-0.39, 0.29) is 0 Å². The molecule has 0 saturated carbocycles. The minimum Gasteiger partial charge on any atom is -0.398 e. The van der Waals surface area contributed by atoms with E-state index in [1.54, 1.807) is 6.20 Å². The molecule has 0 atom stereocenters. The highest BCUT2D eigenvalue weighted by molar-refractivity contribution is 5.56. The minimum atomic E-state index is 0.799. The maximum absolute atomic E-state index is 5.79. The first-order chi connectivity index (χ1) is 6.29. The van der Waals surface area contributed by atoms with Crippen molar-refractivity contribution in [3.8, 4) is 5.69 Å². The van der Waals surface area contributed by atoms with E-state index < -0.39 is 0 Å². The lowest BCUT2D eigenvalue weighted by molar-refractivity contribution is 0.873. The van der Waals surface area contributed by atoms with Crippen LogP contribution in [0.2, 0.25) is 0 Å². The second-order valence-corrected chi connectivity index (χ2v) is 2.94. The molecular formula is C10H11N3. The van der Waals surface area contributed by atoms with Gasteiger partial charge in [-0.05, 0) is 30.7 Å². The van der Waals surface area contributed by atoms with E-state index in [9.17, 15) is 0 Å². The Morgan fingerprint density at radius 3 is 2.85 bits per heavy atom. The van der Waals surface area contributed by atoms with E-state index >= 15 is 0 Å². The number of rotatable bonds is 1. The fourth-order valence-electron chi connectivity index (χ4n) is 1.30. The van der Waals surface area contributed by atoms with Crippen LogP contribution >= 0.6 is 0 Å². The molecule has 0 unspecified atom stereocenters. The normalized spacial score (nSPS) is 10.2. The molecule has 66 valence electrons. The molecule has 13 heavy (non-hydrogen) atoms. The third-order valence-corrected chi connectivity index (χ3v) is 2.10. The summed E-state index contributed by atoms with van der Waals surface area (Å²) in [4.78, 5) is 0. The van der Waals surface area contributed by atoms with Gasteiger partial charge in [0, 0.05) is 18.1 Å². The summed E-state index contributed by atoms with van der Waals surface area (Å²) in [5, 5.41) is 4.15. The highest BCUT2D eigenvalue weighted by atomic mass is 15.3. The number of hydrogen-bond donors (Lipinski definition) is 1. The second-order valence-electron chi connectivity index (χ2n) is 2.94. The molecule has 1 aromatic heterocycles. The number of benzene rings is 1. The molecule has 0 aliphatic carbocycles. The van der Waals surface area contributed by atoms with E-state index in [2.05, 4.69) is 5.10 Å². The van der Waals surface area contributed by atoms with Gasteiger partial charge in [0.05, 0.1) is 5.69 Å². The maximum atomic E-state index is 5.79. The molecular weight excluding hydrogens is 162 g/mol. The van der Waals surface area contributed by atoms with Crippen molar-refractivity contribution in [1.82, 2.24) is 9.78 Å². The molecule has 2 aromatic rings. The van der Waals surface area contributed by atoms with Crippen LogP contribution in [0.4, 0.5) is 5.69 Å². The van der Waals surface area contributed by atoms with Gasteiger partial charge in [-0.1, -0.05) is 6.07 Å². The van der Waals surface area contributed by atoms with Crippen LogP contribution in [0.5, 0.6) is 0 Å². The molecule has 1 aromatic carbocycles. The molecule has 0 saturated heterocycles. The summed E-state index contributed by atoms with van der Waals surface area (Å²) in [6.45, 7) is 1.99. The van der Waals surface area contributed by atoms with Gasteiger partial charge in [0.1, 0.15) is 0 Å². The molecule has 0 amide bonds. The highest BCUT2D eigenvalue weighted by Gasteiger charge is 2.02. The van der Waals surface area contributed by atoms with Gasteiger partial charge in [-0.2, -0.15) is 5.10 Å². The lowest BCUT2D eigenvalue weighted by Gasteiger charge is -2.07. The number of nitrogens with two attached hydrogens (primary N) is 1. The van der Waals surface area contributed by atoms with Crippen LogP contribution in [0, 0.1) is 6.92 Å². The zero-order valence-corrected chi connectivity index (χ0v) is 7.44. The number of aromatic nitrogens is 2. The zero-order chi connectivity index (χ0) is 9.26. The van der Waals surface area contributed by atoms with E-state index in [1.165, 1.54) is 0 Å². The minimum absolute atomic E-state index is 0.799. The Morgan fingerprint density at radius 1 is 1.31 bits per heavy atom. The van der Waals surface area contributed by atoms with Crippen LogP contribution in [-0.4, -0.2) is 9.78 Å². The topological polar surface area (TPSA) is 43.8 Å². The standard InChI is InChI=1S/C10H11N3/c1-8-9(11)4-2-5-10(8)13-7-3-6-12-13/h2-7H,11H2,1H3. The van der Waals surface area contributed by atoms with Crippen molar-refractivity contribution < 1.29 is 0 Å². The fourth-order valence-corrected chi connectivity index (χ4v) is 1.30. The Balaban J connectivity index is 2.59. The van der Waals surface area contributed by atoms with Crippen LogP contribution in [0.25, 0.3) is 5.69 Å². The van der Waals surface area contributed by atoms with Crippen LogP contribution < -0.4 is 5.73 Å². The summed E-state index contributed by atoms with van der Waals surface area (Å²) >= 11 is 0. The fraction of sp³-hybridized carbons (Fsp3) is 0.100. The van der Waals surface area contributed by atoms with Crippen molar-refractivity contribution in [3.63, 3.8) is 0 Å². The molecule has 2 rings (SSSR count). The molecule has 3 heteroatoms. The zero-order valence-electron chi connectivity index (χ0n) is 7.44. The highest BCUT2D eigenvalue weighted by Crippen LogP contribution is 2.18. The summed E-state index contributed by atoms with van der Waals surface area (Å²) in [7, 11) is 0. The van der Waals surface area contributed by atoms with E-state index in [4.69, 9.17) is 5.73 Å². The molecule has 0 spiro atoms. The van der Waals surface area contributed by atoms with E-state index in [0.717, 1.165) is 16.9 Å². The second kappa shape index (κ2) is 2.94. The summed E-state index contributed by atoms with van der Waals surface area (Å²) < 4.78 is 1.81. The number of nitrogens with zero attached hydrogens (tertiary/aromatic N) is 2. The first-order valence-corrected chi connectivity index (χ1v) is 4.14. The van der Waals surface area contributed by atoms with Crippen LogP contribution in [0.3, 0.4) is 0 Å². The largest absolute Gasteiger partial charge is 0.398 e. The van der Waals surface area contributed by atoms with Gasteiger partial charge in [-0.3, -0.25) is 0 Å². The number of anilines is 1. The van der Waals surface area contributed by atoms with Crippen LogP contribution in [-0.2, 0) is 0 Å². The van der Waals surface area contributed by atoms with Gasteiger partial charge in [-0.25, -0.2) is 4.68 Å². The quantitative estimate of drug-likeness (QED) is 0.668. The molecule has 0 aliphatic heterocycles. The summed E-state index contributed by atoms with van der Waals surface area (Å²) in [6.07, 6.45) is 3.66. The molecule has 2 N–H and O–H groups in total. The first kappa shape index (κ1) is 7.86. The van der Waals surface area contributed by atoms with Crippen LogP contribution in [0.15, 0.2) is 36.7 Å². The first-order valence-electron chi connectivity index (χ1n) is 4.14. The SMILES string of the molecule is Cc1c(N)cccc1-n1cccn1. The van der Waals surface area contributed by atoms with Gasteiger partial charge in [0.2, 0.25) is 0 Å². The number of hydrogen-bond acceptors (Lipinski definition) is 2. The van der Waals surface area contributed by atoms with Gasteiger partial charge < -0.3 is 5.73 Å². The maximum Gasteiger partial charge on any atom is 0.0695 e. The predicted molar refractivity (Wildman–Crippen MR) is 52.7 cm³/mol. The predicted octanol–water partition coefficient (Wildman–Crippen LogP) is 1.76. The summed E-state index contributed by atoms with van der Waals surface area (Å²) in [5.41, 5.74) is 8.68. The number of nitrogen functional groups attached to an aromatic ring is 1. The van der Waals surface area contributed by atoms with Crippen LogP contribution in [0.1, 0.15) is 5.56 Å². The molecule has 3 nitrogen and oxygen atoms in total. The van der Waals surface area contributed by atoms with Crippen molar-refractivity contribution in [3.05, 3.63) is 42.2 Å². The third-order valence-electron chi connectivity index (χ3n) is 2.10. The third kappa shape index (κ3) is 1.28. The molecule has 0 aliphatic rings. The van der Waals surface area contributed by atoms with Gasteiger partial charge in [-0.15, -0.1) is 0 Å². The average Bonchev–Trinajstić information content (AvgIpc) is 2.62. The summed E-state index contributed by atoms with van der Waals surface area (Å²) in [5.74, 6) is 0. The molecule has 0 radical (unpaired) electrons. The van der Waals surface area contributed by atoms with Crippen molar-refractivity contribution in [1.29, 1.82) is 0 Å². The van der Waals surface area contributed by atoms with Crippen molar-refractivity contribution >= 4 is 5.69 Å². The Labute approximate surface area is 76.8 Å². The van der Waals surface area contributed by atoms with E-state index in [1.807, 2.05) is 42.1 Å². The molecule has 0 fully saturated rings. The Kier molecular flexibility index (Phi) is 1.77. The average molecular weight is 173 g/mol. The molecule has 1 heterocycles. The Bertz CT molecular complexity index is 404. The molecule has 0 bridgehead atoms. The smallest absolute Gasteiger partial charge is 0.0695 e. The van der Waals surface area contributed by atoms with Crippen molar-refractivity contribution in [2.75, 3.05) is 5.73 Å². The Hall–Kier alpha value is -1.77. The van der Waals surface area contributed by atoms with Gasteiger partial charge in [0.15, 0.2) is 0 Å². The van der Waals surface area contributed by atoms with E-state index in [0.29, 0.717) is 0 Å².